The predicted octanol–water partition coefficient (Wildman–Crippen LogP) is 3.13. The Bertz CT molecular complexity index is 595. The molecule has 0 aromatic heterocycles. The number of hydrogen-bond acceptors (Lipinski definition) is 4. The van der Waals surface area contributed by atoms with Crippen LogP contribution < -0.4 is 10.2 Å². The molecule has 1 aliphatic rings. The SMILES string of the molecule is CCN(CC)C(=O)Oc1c(C)cccc1B1OC(C)(C)C(C)(C)O1. The van der Waals surface area contributed by atoms with Crippen molar-refractivity contribution in [2.75, 3.05) is 13.1 Å². The van der Waals surface area contributed by atoms with Gasteiger partial charge in [-0.3, -0.25) is 0 Å². The first kappa shape index (κ1) is 18.8. The summed E-state index contributed by atoms with van der Waals surface area (Å²) in [6.45, 7) is 15.0. The van der Waals surface area contributed by atoms with Crippen LogP contribution in [-0.4, -0.2) is 42.4 Å². The van der Waals surface area contributed by atoms with Crippen LogP contribution >= 0.6 is 0 Å². The molecule has 132 valence electrons. The molecule has 24 heavy (non-hydrogen) atoms. The fraction of sp³-hybridized carbons (Fsp3) is 0.611. The van der Waals surface area contributed by atoms with Crippen molar-refractivity contribution < 1.29 is 18.8 Å². The maximum atomic E-state index is 12.4. The van der Waals surface area contributed by atoms with E-state index in [-0.39, 0.29) is 6.09 Å². The van der Waals surface area contributed by atoms with E-state index in [4.69, 9.17) is 14.0 Å². The predicted molar refractivity (Wildman–Crippen MR) is 95.8 cm³/mol. The van der Waals surface area contributed by atoms with Crippen LogP contribution in [0, 0.1) is 6.92 Å². The lowest BCUT2D eigenvalue weighted by molar-refractivity contribution is 0.00578. The van der Waals surface area contributed by atoms with Crippen molar-refractivity contribution in [1.29, 1.82) is 0 Å². The summed E-state index contributed by atoms with van der Waals surface area (Å²) >= 11 is 0. The minimum Gasteiger partial charge on any atom is -0.410 e. The molecular weight excluding hydrogens is 305 g/mol. The molecule has 1 saturated heterocycles. The molecule has 0 saturated carbocycles. The van der Waals surface area contributed by atoms with E-state index in [0.29, 0.717) is 18.8 Å². The van der Waals surface area contributed by atoms with Crippen LogP contribution in [0.15, 0.2) is 18.2 Å². The highest BCUT2D eigenvalue weighted by Crippen LogP contribution is 2.37. The number of nitrogens with zero attached hydrogens (tertiary/aromatic N) is 1. The molecule has 2 rings (SSSR count). The van der Waals surface area contributed by atoms with Crippen LogP contribution in [0.4, 0.5) is 4.79 Å². The fourth-order valence-electron chi connectivity index (χ4n) is 2.60. The number of amides is 1. The van der Waals surface area contributed by atoms with Crippen molar-refractivity contribution in [3.63, 3.8) is 0 Å². The Hall–Kier alpha value is -1.53. The Labute approximate surface area is 145 Å². The summed E-state index contributed by atoms with van der Waals surface area (Å²) in [6, 6.07) is 5.73. The Morgan fingerprint density at radius 3 is 2.17 bits per heavy atom. The largest absolute Gasteiger partial charge is 0.498 e. The summed E-state index contributed by atoms with van der Waals surface area (Å²) < 4.78 is 17.9. The lowest BCUT2D eigenvalue weighted by atomic mass is 9.77. The molecule has 0 aliphatic carbocycles. The third-order valence-corrected chi connectivity index (χ3v) is 4.96. The first-order valence-corrected chi connectivity index (χ1v) is 8.54. The molecule has 1 amide bonds. The van der Waals surface area contributed by atoms with E-state index in [0.717, 1.165) is 11.0 Å². The van der Waals surface area contributed by atoms with E-state index in [9.17, 15) is 4.79 Å². The number of ether oxygens (including phenoxy) is 1. The zero-order chi connectivity index (χ0) is 18.1. The van der Waals surface area contributed by atoms with E-state index in [1.807, 2.05) is 66.7 Å². The van der Waals surface area contributed by atoms with Gasteiger partial charge in [-0.15, -0.1) is 0 Å². The van der Waals surface area contributed by atoms with Gasteiger partial charge in [0.05, 0.1) is 11.2 Å². The van der Waals surface area contributed by atoms with Crippen molar-refractivity contribution in [2.45, 2.75) is 59.7 Å². The van der Waals surface area contributed by atoms with Crippen LogP contribution in [-0.2, 0) is 9.31 Å². The Morgan fingerprint density at radius 2 is 1.67 bits per heavy atom. The summed E-state index contributed by atoms with van der Waals surface area (Å²) in [5, 5.41) is 0. The lowest BCUT2D eigenvalue weighted by Gasteiger charge is -2.32. The van der Waals surface area contributed by atoms with Crippen LogP contribution in [0.2, 0.25) is 0 Å². The minimum atomic E-state index is -0.561. The topological polar surface area (TPSA) is 48.0 Å². The molecule has 0 atom stereocenters. The van der Waals surface area contributed by atoms with Gasteiger partial charge in [0.25, 0.3) is 0 Å². The Kier molecular flexibility index (Phi) is 5.30. The molecular formula is C18H28BNO4. The number of para-hydroxylation sites is 1. The van der Waals surface area contributed by atoms with Gasteiger partial charge in [-0.05, 0) is 54.0 Å². The maximum absolute atomic E-state index is 12.4. The van der Waals surface area contributed by atoms with E-state index in [2.05, 4.69) is 0 Å². The normalized spacial score (nSPS) is 18.5. The molecule has 1 fully saturated rings. The van der Waals surface area contributed by atoms with Gasteiger partial charge in [-0.25, -0.2) is 4.79 Å². The standard InChI is InChI=1S/C18H28BNO4/c1-8-20(9-2)16(21)22-15-13(3)11-10-12-14(15)19-23-17(4,5)18(6,7)24-19/h10-12H,8-9H2,1-7H3. The third kappa shape index (κ3) is 3.45. The van der Waals surface area contributed by atoms with Gasteiger partial charge in [0.1, 0.15) is 5.75 Å². The van der Waals surface area contributed by atoms with Gasteiger partial charge in [0.2, 0.25) is 0 Å². The number of hydrogen-bond donors (Lipinski definition) is 0. The van der Waals surface area contributed by atoms with Crippen LogP contribution in [0.1, 0.15) is 47.1 Å². The Balaban J connectivity index is 2.33. The van der Waals surface area contributed by atoms with Crippen LogP contribution in [0.3, 0.4) is 0 Å². The number of benzene rings is 1. The molecule has 0 spiro atoms. The quantitative estimate of drug-likeness (QED) is 0.795. The van der Waals surface area contributed by atoms with Crippen molar-refractivity contribution in [3.05, 3.63) is 23.8 Å². The highest BCUT2D eigenvalue weighted by Gasteiger charge is 2.52. The number of carbonyl (C=O) groups is 1. The lowest BCUT2D eigenvalue weighted by Crippen LogP contribution is -2.41. The molecule has 1 heterocycles. The zero-order valence-electron chi connectivity index (χ0n) is 15.8. The van der Waals surface area contributed by atoms with E-state index < -0.39 is 18.3 Å². The maximum Gasteiger partial charge on any atom is 0.498 e. The fourth-order valence-corrected chi connectivity index (χ4v) is 2.60. The molecule has 1 aliphatic heterocycles. The molecule has 0 unspecified atom stereocenters. The number of carbonyl (C=O) groups excluding carboxylic acids is 1. The Morgan fingerprint density at radius 1 is 1.12 bits per heavy atom. The first-order chi connectivity index (χ1) is 11.1. The molecule has 1 aromatic carbocycles. The second kappa shape index (κ2) is 6.77. The average molecular weight is 333 g/mol. The van der Waals surface area contributed by atoms with Gasteiger partial charge < -0.3 is 18.9 Å². The molecule has 6 heteroatoms. The molecule has 0 bridgehead atoms. The monoisotopic (exact) mass is 333 g/mol. The van der Waals surface area contributed by atoms with Crippen molar-refractivity contribution in [3.8, 4) is 5.75 Å². The third-order valence-electron chi connectivity index (χ3n) is 4.96. The highest BCUT2D eigenvalue weighted by molar-refractivity contribution is 6.63. The molecule has 1 aromatic rings. The summed E-state index contributed by atoms with van der Waals surface area (Å²) in [5.74, 6) is 0.521. The highest BCUT2D eigenvalue weighted by atomic mass is 16.7. The summed E-state index contributed by atoms with van der Waals surface area (Å²) in [6.07, 6.45) is -0.355. The molecule has 0 radical (unpaired) electrons. The smallest absolute Gasteiger partial charge is 0.410 e. The molecule has 5 nitrogen and oxygen atoms in total. The second-order valence-electron chi connectivity index (χ2n) is 7.12. The van der Waals surface area contributed by atoms with Crippen LogP contribution in [0.25, 0.3) is 0 Å². The summed E-state index contributed by atoms with van der Waals surface area (Å²) in [5.41, 5.74) is 0.736. The first-order valence-electron chi connectivity index (χ1n) is 8.54. The summed E-state index contributed by atoms with van der Waals surface area (Å²) in [7, 11) is -0.561. The van der Waals surface area contributed by atoms with E-state index >= 15 is 0 Å². The zero-order valence-corrected chi connectivity index (χ0v) is 15.8. The van der Waals surface area contributed by atoms with Gasteiger partial charge in [0, 0.05) is 18.6 Å². The van der Waals surface area contributed by atoms with E-state index in [1.165, 1.54) is 0 Å². The van der Waals surface area contributed by atoms with Gasteiger partial charge in [-0.1, -0.05) is 18.2 Å². The average Bonchev–Trinajstić information content (AvgIpc) is 2.70. The van der Waals surface area contributed by atoms with Crippen molar-refractivity contribution >= 4 is 18.7 Å². The second-order valence-corrected chi connectivity index (χ2v) is 7.12. The van der Waals surface area contributed by atoms with Gasteiger partial charge >= 0.3 is 13.2 Å². The van der Waals surface area contributed by atoms with Crippen molar-refractivity contribution in [2.24, 2.45) is 0 Å². The van der Waals surface area contributed by atoms with Crippen molar-refractivity contribution in [1.82, 2.24) is 4.90 Å². The minimum absolute atomic E-state index is 0.355. The van der Waals surface area contributed by atoms with Crippen LogP contribution in [0.5, 0.6) is 5.75 Å². The van der Waals surface area contributed by atoms with Gasteiger partial charge in [-0.2, -0.15) is 0 Å². The number of rotatable bonds is 4. The van der Waals surface area contributed by atoms with E-state index in [1.54, 1.807) is 4.90 Å². The molecule has 0 N–H and O–H groups in total. The van der Waals surface area contributed by atoms with Gasteiger partial charge in [0.15, 0.2) is 0 Å². The number of aryl methyl sites for hydroxylation is 1. The summed E-state index contributed by atoms with van der Waals surface area (Å²) in [4.78, 5) is 14.0.